The maximum absolute atomic E-state index is 11.0. The first-order chi connectivity index (χ1) is 10.2. The lowest BCUT2D eigenvalue weighted by molar-refractivity contribution is 0.0690. The minimum atomic E-state index is -1.00. The summed E-state index contributed by atoms with van der Waals surface area (Å²) < 4.78 is 5.26. The fourth-order valence-corrected chi connectivity index (χ4v) is 2.57. The van der Waals surface area contributed by atoms with Crippen LogP contribution in [0.3, 0.4) is 0 Å². The third kappa shape index (κ3) is 2.67. The molecule has 0 saturated heterocycles. The smallest absolute Gasteiger partial charge is 0.354 e. The maximum atomic E-state index is 11.0. The van der Waals surface area contributed by atoms with Crippen LogP contribution in [-0.4, -0.2) is 29.7 Å². The first-order valence-corrected chi connectivity index (χ1v) is 6.78. The van der Waals surface area contributed by atoms with Gasteiger partial charge in [-0.25, -0.2) is 9.78 Å². The summed E-state index contributed by atoms with van der Waals surface area (Å²) in [5, 5.41) is 9.04. The quantitative estimate of drug-likeness (QED) is 0.937. The molecule has 0 atom stereocenters. The first kappa shape index (κ1) is 13.4. The molecule has 0 bridgehead atoms. The number of carbonyl (C=O) groups is 1. The Labute approximate surface area is 122 Å². The molecule has 1 aliphatic heterocycles. The van der Waals surface area contributed by atoms with Crippen LogP contribution in [0.25, 0.3) is 0 Å². The van der Waals surface area contributed by atoms with Crippen molar-refractivity contribution >= 4 is 11.8 Å². The van der Waals surface area contributed by atoms with Gasteiger partial charge in [0.05, 0.1) is 7.11 Å². The second kappa shape index (κ2) is 5.44. The summed E-state index contributed by atoms with van der Waals surface area (Å²) >= 11 is 0. The molecule has 0 aliphatic carbocycles. The monoisotopic (exact) mass is 284 g/mol. The minimum Gasteiger partial charge on any atom is -0.497 e. The van der Waals surface area contributed by atoms with Gasteiger partial charge in [-0.3, -0.25) is 0 Å². The van der Waals surface area contributed by atoms with E-state index in [1.54, 1.807) is 13.2 Å². The van der Waals surface area contributed by atoms with E-state index >= 15 is 0 Å². The van der Waals surface area contributed by atoms with Gasteiger partial charge in [-0.15, -0.1) is 0 Å². The van der Waals surface area contributed by atoms with Gasteiger partial charge in [0.25, 0.3) is 0 Å². The Kier molecular flexibility index (Phi) is 3.48. The van der Waals surface area contributed by atoms with E-state index in [1.165, 1.54) is 17.2 Å². The number of nitrogens with zero attached hydrogens (tertiary/aromatic N) is 2. The number of ether oxygens (including phenoxy) is 1. The molecule has 0 radical (unpaired) electrons. The number of anilines is 1. The molecule has 0 amide bonds. The van der Waals surface area contributed by atoms with Crippen molar-refractivity contribution in [1.29, 1.82) is 0 Å². The molecule has 1 aromatic heterocycles. The van der Waals surface area contributed by atoms with Crippen LogP contribution in [0.5, 0.6) is 5.75 Å². The van der Waals surface area contributed by atoms with Crippen molar-refractivity contribution in [2.24, 2.45) is 0 Å². The van der Waals surface area contributed by atoms with Gasteiger partial charge in [-0.1, -0.05) is 12.1 Å². The van der Waals surface area contributed by atoms with Gasteiger partial charge >= 0.3 is 5.97 Å². The second-order valence-electron chi connectivity index (χ2n) is 4.99. The average Bonchev–Trinajstić information content (AvgIpc) is 2.53. The molecule has 2 heterocycles. The number of fused-ring (bicyclic) bond motifs is 1. The van der Waals surface area contributed by atoms with Crippen LogP contribution < -0.4 is 9.64 Å². The van der Waals surface area contributed by atoms with E-state index in [1.807, 2.05) is 18.2 Å². The third-order valence-corrected chi connectivity index (χ3v) is 3.70. The van der Waals surface area contributed by atoms with Crippen molar-refractivity contribution in [2.45, 2.75) is 13.0 Å². The number of aromatic carboxylic acids is 1. The van der Waals surface area contributed by atoms with Gasteiger partial charge in [-0.2, -0.15) is 0 Å². The van der Waals surface area contributed by atoms with Gasteiger partial charge in [0, 0.05) is 13.1 Å². The van der Waals surface area contributed by atoms with Gasteiger partial charge in [0.2, 0.25) is 0 Å². The standard InChI is InChI=1S/C16H16N2O3/c1-21-13-6-5-11-7-8-18(10-12(11)9-13)15-4-2-3-14(17-15)16(19)20/h2-6,9H,7-8,10H2,1H3,(H,19,20). The van der Waals surface area contributed by atoms with Crippen molar-refractivity contribution in [3.05, 3.63) is 53.2 Å². The van der Waals surface area contributed by atoms with Crippen LogP contribution in [-0.2, 0) is 13.0 Å². The fourth-order valence-electron chi connectivity index (χ4n) is 2.57. The van der Waals surface area contributed by atoms with E-state index in [9.17, 15) is 4.79 Å². The zero-order valence-corrected chi connectivity index (χ0v) is 11.7. The summed E-state index contributed by atoms with van der Waals surface area (Å²) in [7, 11) is 1.65. The van der Waals surface area contributed by atoms with Crippen molar-refractivity contribution in [3.8, 4) is 5.75 Å². The number of methoxy groups -OCH3 is 1. The molecule has 2 aromatic rings. The maximum Gasteiger partial charge on any atom is 0.354 e. The summed E-state index contributed by atoms with van der Waals surface area (Å²) in [6.07, 6.45) is 0.915. The zero-order valence-electron chi connectivity index (χ0n) is 11.7. The summed E-state index contributed by atoms with van der Waals surface area (Å²) in [5.74, 6) is 0.530. The van der Waals surface area contributed by atoms with Crippen molar-refractivity contribution < 1.29 is 14.6 Å². The molecule has 0 saturated carbocycles. The highest BCUT2D eigenvalue weighted by Gasteiger charge is 2.19. The Hall–Kier alpha value is -2.56. The number of carboxylic acid groups (broad SMARTS) is 1. The molecule has 0 unspecified atom stereocenters. The molecule has 5 heteroatoms. The zero-order chi connectivity index (χ0) is 14.8. The molecule has 5 nitrogen and oxygen atoms in total. The molecule has 3 rings (SSSR count). The van der Waals surface area contributed by atoms with Crippen LogP contribution in [0.1, 0.15) is 21.6 Å². The molecule has 0 fully saturated rings. The Morgan fingerprint density at radius 1 is 1.29 bits per heavy atom. The van der Waals surface area contributed by atoms with Crippen LogP contribution in [0.15, 0.2) is 36.4 Å². The number of aromatic nitrogens is 1. The molecular weight excluding hydrogens is 268 g/mol. The Morgan fingerprint density at radius 2 is 2.14 bits per heavy atom. The predicted octanol–water partition coefficient (Wildman–Crippen LogP) is 2.35. The van der Waals surface area contributed by atoms with Gasteiger partial charge in [0.15, 0.2) is 5.69 Å². The van der Waals surface area contributed by atoms with Crippen LogP contribution in [0, 0.1) is 0 Å². The van der Waals surface area contributed by atoms with Gasteiger partial charge < -0.3 is 14.7 Å². The van der Waals surface area contributed by atoms with E-state index in [2.05, 4.69) is 16.0 Å². The lowest BCUT2D eigenvalue weighted by Gasteiger charge is -2.30. The topological polar surface area (TPSA) is 62.7 Å². The lowest BCUT2D eigenvalue weighted by Crippen LogP contribution is -2.31. The summed E-state index contributed by atoms with van der Waals surface area (Å²) in [4.78, 5) is 17.3. The Morgan fingerprint density at radius 3 is 2.90 bits per heavy atom. The van der Waals surface area contributed by atoms with E-state index in [4.69, 9.17) is 9.84 Å². The van der Waals surface area contributed by atoms with Crippen molar-refractivity contribution in [1.82, 2.24) is 4.98 Å². The predicted molar refractivity (Wildman–Crippen MR) is 78.9 cm³/mol. The number of hydrogen-bond donors (Lipinski definition) is 1. The molecule has 1 N–H and O–H groups in total. The summed E-state index contributed by atoms with van der Waals surface area (Å²) in [6, 6.07) is 11.2. The molecule has 1 aliphatic rings. The lowest BCUT2D eigenvalue weighted by atomic mass is 9.99. The average molecular weight is 284 g/mol. The molecular formula is C16H16N2O3. The van der Waals surface area contributed by atoms with Crippen molar-refractivity contribution in [2.75, 3.05) is 18.6 Å². The van der Waals surface area contributed by atoms with Crippen LogP contribution >= 0.6 is 0 Å². The number of carboxylic acids is 1. The first-order valence-electron chi connectivity index (χ1n) is 6.78. The fraction of sp³-hybridized carbons (Fsp3) is 0.250. The normalized spacial score (nSPS) is 13.7. The molecule has 21 heavy (non-hydrogen) atoms. The van der Waals surface area contributed by atoms with Crippen LogP contribution in [0.4, 0.5) is 5.82 Å². The van der Waals surface area contributed by atoms with Gasteiger partial charge in [0.1, 0.15) is 11.6 Å². The summed E-state index contributed by atoms with van der Waals surface area (Å²) in [6.45, 7) is 1.54. The van der Waals surface area contributed by atoms with E-state index < -0.39 is 5.97 Å². The minimum absolute atomic E-state index is 0.0731. The SMILES string of the molecule is COc1ccc2c(c1)CN(c1cccc(C(=O)O)n1)CC2. The largest absolute Gasteiger partial charge is 0.497 e. The molecule has 0 spiro atoms. The Balaban J connectivity index is 1.88. The second-order valence-corrected chi connectivity index (χ2v) is 4.99. The van der Waals surface area contributed by atoms with Gasteiger partial charge in [-0.05, 0) is 41.8 Å². The van der Waals surface area contributed by atoms with E-state index in [0.29, 0.717) is 12.4 Å². The molecule has 108 valence electrons. The van der Waals surface area contributed by atoms with E-state index in [0.717, 1.165) is 18.7 Å². The third-order valence-electron chi connectivity index (χ3n) is 3.70. The molecule has 1 aromatic carbocycles. The number of hydrogen-bond acceptors (Lipinski definition) is 4. The van der Waals surface area contributed by atoms with E-state index in [-0.39, 0.29) is 5.69 Å². The summed E-state index contributed by atoms with van der Waals surface area (Å²) in [5.41, 5.74) is 2.58. The highest BCUT2D eigenvalue weighted by atomic mass is 16.5. The number of rotatable bonds is 3. The van der Waals surface area contributed by atoms with Crippen LogP contribution in [0.2, 0.25) is 0 Å². The highest BCUT2D eigenvalue weighted by Crippen LogP contribution is 2.26. The Bertz CT molecular complexity index is 685. The number of benzene rings is 1. The highest BCUT2D eigenvalue weighted by molar-refractivity contribution is 5.85. The van der Waals surface area contributed by atoms with Crippen molar-refractivity contribution in [3.63, 3.8) is 0 Å². The number of pyridine rings is 1.